The van der Waals surface area contributed by atoms with Gasteiger partial charge in [0, 0.05) is 11.7 Å². The number of terminal acetylenes is 1. The molecule has 3 rings (SSSR count). The van der Waals surface area contributed by atoms with E-state index >= 15 is 0 Å². The molecule has 0 bridgehead atoms. The van der Waals surface area contributed by atoms with Gasteiger partial charge in [-0.25, -0.2) is 0 Å². The van der Waals surface area contributed by atoms with E-state index in [9.17, 15) is 13.2 Å². The van der Waals surface area contributed by atoms with Crippen molar-refractivity contribution in [3.8, 4) is 23.6 Å². The number of benzene rings is 2. The Bertz CT molecular complexity index is 586. The van der Waals surface area contributed by atoms with Crippen LogP contribution in [0, 0.1) is 12.5 Å². The van der Waals surface area contributed by atoms with E-state index in [0.717, 1.165) is 12.1 Å². The highest BCUT2D eigenvalue weighted by atomic mass is 19.4. The molecular weight excluding hydrogens is 251 g/mol. The smallest absolute Gasteiger partial charge is 0.315 e. The lowest BCUT2D eigenvalue weighted by Gasteiger charge is -2.10. The first-order valence-corrected chi connectivity index (χ1v) is 5.50. The second-order valence-electron chi connectivity index (χ2n) is 3.93. The third-order valence-corrected chi connectivity index (χ3v) is 2.62. The van der Waals surface area contributed by atoms with Crippen LogP contribution in [0.1, 0.15) is 5.56 Å². The Labute approximate surface area is 109 Å². The molecule has 1 aromatic rings. The summed E-state index contributed by atoms with van der Waals surface area (Å²) in [6, 6.07) is 15.2. The van der Waals surface area contributed by atoms with Crippen LogP contribution in [0.3, 0.4) is 0 Å². The second kappa shape index (κ2) is 5.07. The molecule has 0 unspecified atom stereocenters. The van der Waals surface area contributed by atoms with Gasteiger partial charge in [0.25, 0.3) is 0 Å². The van der Waals surface area contributed by atoms with E-state index < -0.39 is 11.7 Å². The van der Waals surface area contributed by atoms with Crippen LogP contribution in [0.4, 0.5) is 18.9 Å². The molecule has 0 fully saturated rings. The predicted octanol–water partition coefficient (Wildman–Crippen LogP) is 4.38. The Kier molecular flexibility index (Phi) is 3.48. The number of hydrogen-bond donors (Lipinski definition) is 1. The van der Waals surface area contributed by atoms with E-state index in [0.29, 0.717) is 0 Å². The molecule has 2 aliphatic carbocycles. The highest BCUT2D eigenvalue weighted by Gasteiger charge is 2.30. The van der Waals surface area contributed by atoms with E-state index in [1.165, 1.54) is 23.3 Å². The summed E-state index contributed by atoms with van der Waals surface area (Å²) in [5, 5.41) is 2.35. The van der Waals surface area contributed by atoms with E-state index in [1.54, 1.807) is 0 Å². The van der Waals surface area contributed by atoms with Gasteiger partial charge in [0.15, 0.2) is 0 Å². The zero-order chi connectivity index (χ0) is 13.9. The highest BCUT2D eigenvalue weighted by molar-refractivity contribution is 5.75. The molecule has 4 heteroatoms. The van der Waals surface area contributed by atoms with Crippen molar-refractivity contribution >= 4 is 5.69 Å². The summed E-state index contributed by atoms with van der Waals surface area (Å²) in [7, 11) is 0. The maximum Gasteiger partial charge on any atom is 0.416 e. The lowest BCUT2D eigenvalue weighted by molar-refractivity contribution is -0.137. The Morgan fingerprint density at radius 3 is 1.89 bits per heavy atom. The van der Waals surface area contributed by atoms with Crippen LogP contribution < -0.4 is 5.32 Å². The van der Waals surface area contributed by atoms with Gasteiger partial charge < -0.3 is 5.32 Å². The van der Waals surface area contributed by atoms with Crippen LogP contribution in [-0.4, -0.2) is 0 Å². The van der Waals surface area contributed by atoms with Crippen molar-refractivity contribution in [3.63, 3.8) is 0 Å². The number of halogens is 3. The first kappa shape index (κ1) is 13.0. The number of hydrogen-bond acceptors (Lipinski definition) is 1. The Hall–Kier alpha value is -2.41. The number of anilines is 1. The Morgan fingerprint density at radius 2 is 1.53 bits per heavy atom. The van der Waals surface area contributed by atoms with Gasteiger partial charge in [-0.3, -0.25) is 0 Å². The molecule has 0 aromatic heterocycles. The second-order valence-corrected chi connectivity index (χ2v) is 3.93. The minimum absolute atomic E-state index is 0.261. The van der Waals surface area contributed by atoms with Crippen molar-refractivity contribution in [1.82, 2.24) is 0 Å². The largest absolute Gasteiger partial charge is 0.416 e. The van der Waals surface area contributed by atoms with Gasteiger partial charge in [-0.1, -0.05) is 36.8 Å². The molecule has 96 valence electrons. The summed E-state index contributed by atoms with van der Waals surface area (Å²) in [5.74, 6) is 0. The van der Waals surface area contributed by atoms with Gasteiger partial charge in [-0.05, 0) is 29.3 Å². The molecule has 0 amide bonds. The van der Waals surface area contributed by atoms with Gasteiger partial charge in [0.05, 0.1) is 5.56 Å². The fourth-order valence-corrected chi connectivity index (χ4v) is 1.52. The third-order valence-electron chi connectivity index (χ3n) is 2.62. The van der Waals surface area contributed by atoms with Crippen molar-refractivity contribution < 1.29 is 13.2 Å². The highest BCUT2D eigenvalue weighted by Crippen LogP contribution is 2.30. The molecule has 0 saturated heterocycles. The SMILES string of the molecule is C#CNc1cccc(C(F)(F)F)c1.c1cc2ccc1-2. The Balaban J connectivity index is 0.000000180. The normalized spacial score (nSPS) is 10.8. The van der Waals surface area contributed by atoms with Gasteiger partial charge in [-0.2, -0.15) is 13.2 Å². The average Bonchev–Trinajstić information content (AvgIpc) is 2.34. The van der Waals surface area contributed by atoms with Crippen molar-refractivity contribution in [3.05, 3.63) is 54.1 Å². The van der Waals surface area contributed by atoms with E-state index in [-0.39, 0.29) is 5.69 Å². The van der Waals surface area contributed by atoms with E-state index in [2.05, 4.69) is 29.6 Å². The number of nitrogens with one attached hydrogen (secondary N) is 1. The summed E-state index contributed by atoms with van der Waals surface area (Å²) in [6.45, 7) is 0. The molecule has 0 atom stereocenters. The van der Waals surface area contributed by atoms with Crippen LogP contribution in [0.2, 0.25) is 0 Å². The molecule has 0 radical (unpaired) electrons. The van der Waals surface area contributed by atoms with E-state index in [4.69, 9.17) is 6.42 Å². The lowest BCUT2D eigenvalue weighted by atomic mass is 9.95. The summed E-state index contributed by atoms with van der Waals surface area (Å²) < 4.78 is 36.4. The number of fused-ring (bicyclic) bond motifs is 1. The molecule has 1 N–H and O–H groups in total. The topological polar surface area (TPSA) is 12.0 Å². The predicted molar refractivity (Wildman–Crippen MR) is 69.3 cm³/mol. The summed E-state index contributed by atoms with van der Waals surface area (Å²) in [4.78, 5) is 0. The van der Waals surface area contributed by atoms with Crippen molar-refractivity contribution in [1.29, 1.82) is 0 Å². The summed E-state index contributed by atoms with van der Waals surface area (Å²) >= 11 is 0. The molecular formula is C15H10F3N. The van der Waals surface area contributed by atoms with Crippen LogP contribution in [0.5, 0.6) is 0 Å². The molecule has 0 aliphatic heterocycles. The molecule has 1 aromatic carbocycles. The molecule has 19 heavy (non-hydrogen) atoms. The summed E-state index contributed by atoms with van der Waals surface area (Å²) in [6.07, 6.45) is 0.550. The van der Waals surface area contributed by atoms with Crippen molar-refractivity contribution in [2.45, 2.75) is 6.18 Å². The molecule has 0 saturated carbocycles. The first-order chi connectivity index (χ1) is 9.00. The van der Waals surface area contributed by atoms with Gasteiger partial charge >= 0.3 is 6.18 Å². The van der Waals surface area contributed by atoms with Crippen LogP contribution >= 0.6 is 0 Å². The molecule has 0 spiro atoms. The minimum atomic E-state index is -4.33. The maximum absolute atomic E-state index is 12.1. The first-order valence-electron chi connectivity index (χ1n) is 5.50. The van der Waals surface area contributed by atoms with Crippen molar-refractivity contribution in [2.75, 3.05) is 5.32 Å². The Morgan fingerprint density at radius 1 is 0.947 bits per heavy atom. The number of alkyl halides is 3. The van der Waals surface area contributed by atoms with Crippen LogP contribution in [-0.2, 0) is 6.18 Å². The zero-order valence-corrected chi connectivity index (χ0v) is 9.83. The zero-order valence-electron chi connectivity index (χ0n) is 9.83. The molecule has 2 aliphatic rings. The van der Waals surface area contributed by atoms with Crippen LogP contribution in [0.15, 0.2) is 48.5 Å². The quantitative estimate of drug-likeness (QED) is 0.506. The van der Waals surface area contributed by atoms with Gasteiger partial charge in [-0.15, -0.1) is 0 Å². The molecule has 1 nitrogen and oxygen atoms in total. The van der Waals surface area contributed by atoms with Crippen LogP contribution in [0.25, 0.3) is 11.1 Å². The lowest BCUT2D eigenvalue weighted by Crippen LogP contribution is -2.04. The maximum atomic E-state index is 12.1. The fraction of sp³-hybridized carbons (Fsp3) is 0.0667. The fourth-order valence-electron chi connectivity index (χ4n) is 1.52. The van der Waals surface area contributed by atoms with E-state index in [1.807, 2.05) is 6.04 Å². The standard InChI is InChI=1S/C9H6F3N.C6H4/c1-2-13-8-5-3-4-7(6-8)9(10,11)12;1-2-6-4-3-5(1)6/h1,3-6,13H;1-4H. The third kappa shape index (κ3) is 3.08. The molecule has 0 heterocycles. The monoisotopic (exact) mass is 261 g/mol. The summed E-state index contributed by atoms with van der Waals surface area (Å²) in [5.41, 5.74) is 2.40. The van der Waals surface area contributed by atoms with Crippen molar-refractivity contribution in [2.24, 2.45) is 0 Å². The minimum Gasteiger partial charge on any atom is -0.315 e. The van der Waals surface area contributed by atoms with Gasteiger partial charge in [0.1, 0.15) is 0 Å². The average molecular weight is 261 g/mol. The number of rotatable bonds is 1. The van der Waals surface area contributed by atoms with Gasteiger partial charge in [0.2, 0.25) is 0 Å².